The molecule has 0 radical (unpaired) electrons. The summed E-state index contributed by atoms with van der Waals surface area (Å²) >= 11 is 1.41. The number of likely N-dealkylation sites (N-methyl/N-ethyl adjacent to an activating group) is 2. The lowest BCUT2D eigenvalue weighted by atomic mass is 9.90. The maximum atomic E-state index is 14.4. The van der Waals surface area contributed by atoms with E-state index in [2.05, 4.69) is 36.2 Å². The van der Waals surface area contributed by atoms with Gasteiger partial charge in [0.15, 0.2) is 21.7 Å². The molecule has 0 spiro atoms. The first-order valence-corrected chi connectivity index (χ1v) is 49.2. The lowest BCUT2D eigenvalue weighted by Crippen LogP contribution is -2.57. The molecule has 728 valence electrons. The molecule has 0 saturated heterocycles. The number of benzene rings is 4. The second kappa shape index (κ2) is 59.9. The lowest BCUT2D eigenvalue weighted by Gasteiger charge is -2.33. The van der Waals surface area contributed by atoms with Crippen LogP contribution < -0.4 is 31.9 Å². The molecule has 5 rings (SSSR count). The Kier molecular flexibility index (Phi) is 52.1. The average molecular weight is 1920 g/mol. The highest BCUT2D eigenvalue weighted by Gasteiger charge is 2.40. The van der Waals surface area contributed by atoms with Crippen molar-refractivity contribution < 1.29 is 127 Å². The van der Waals surface area contributed by atoms with Gasteiger partial charge in [0.05, 0.1) is 83.3 Å². The van der Waals surface area contributed by atoms with Gasteiger partial charge in [0, 0.05) is 95.7 Å². The molecule has 12 atom stereocenters. The molecule has 4 aromatic rings. The number of nitrogens with zero attached hydrogens (tertiary/aromatic N) is 2. The van der Waals surface area contributed by atoms with Gasteiger partial charge in [0.2, 0.25) is 29.5 Å². The van der Waals surface area contributed by atoms with Crippen LogP contribution in [0, 0.1) is 47.4 Å². The molecule has 8 amide bonds. The summed E-state index contributed by atoms with van der Waals surface area (Å²) in [7, 11) is -11.3. The van der Waals surface area contributed by atoms with Crippen molar-refractivity contribution in [3.8, 4) is 0 Å². The summed E-state index contributed by atoms with van der Waals surface area (Å²) in [6, 6.07) is 24.4. The number of rotatable bonds is 46. The Labute approximate surface area is 771 Å². The van der Waals surface area contributed by atoms with Crippen LogP contribution in [-0.4, -0.2) is 253 Å². The number of ether oxygens (including phenoxy) is 7. The number of hydrogen-bond acceptors (Lipinski definition) is 28. The first-order chi connectivity index (χ1) is 62.1. The first-order valence-electron chi connectivity index (χ1n) is 43.6. The van der Waals surface area contributed by atoms with E-state index in [9.17, 15) is 80.1 Å². The van der Waals surface area contributed by atoms with E-state index in [1.807, 2.05) is 52.0 Å². The minimum absolute atomic E-state index is 0.00762. The van der Waals surface area contributed by atoms with Crippen molar-refractivity contribution in [2.45, 2.75) is 200 Å². The normalized spacial score (nSPS) is 20.5. The Morgan fingerprint density at radius 2 is 1.22 bits per heavy atom. The number of cyclic esters (lactones) is 2. The molecular formula is C90H132N8O29P2S2. The second-order valence-electron chi connectivity index (χ2n) is 32.1. The molecule has 131 heavy (non-hydrogen) atoms. The smallest absolute Gasteiger partial charge is 0.456 e. The SMILES string of the molecule is C/C=C(\C)[C@H]1OC(=O)[C@@H](C)NC(=O)[C@H](C(C)CC)NC(=O)CN(C)C(=O)[C@@H](Cc2ccccc2)N(C)C(=O)[C@H](C)NC(=O)[C@@H](CC(C)C)OC(=O)/C(C)=C/CC[C@H](OC(=O)NCCCCCOP(=O)(O)OP(=O)(O)OCCCNC(=O)CCOCCOCCOCCOCCNC(=O)c2ccc(C(=O)C(CSc3ccc(C)cc3)CS(=O)(=O)c3ccc(C)cc3)cc2)[C@@H]1C.O=O. The number of thioether (sulfide) groups is 1. The topological polar surface area (TPSA) is 502 Å². The molecule has 0 bridgehead atoms. The van der Waals surface area contributed by atoms with Gasteiger partial charge >= 0.3 is 33.7 Å². The van der Waals surface area contributed by atoms with Gasteiger partial charge in [0.1, 0.15) is 36.4 Å². The van der Waals surface area contributed by atoms with E-state index in [4.69, 9.17) is 52.1 Å². The quantitative estimate of drug-likeness (QED) is 0.00388. The number of hydrogen-bond donors (Lipinski definition) is 8. The zero-order valence-corrected chi connectivity index (χ0v) is 80.6. The maximum Gasteiger partial charge on any atom is 0.481 e. The Balaban J connectivity index is 0.0000178. The van der Waals surface area contributed by atoms with E-state index < -0.39 is 153 Å². The minimum Gasteiger partial charge on any atom is -0.456 e. The summed E-state index contributed by atoms with van der Waals surface area (Å²) < 4.78 is 106. The third-order valence-corrected chi connectivity index (χ3v) is 26.6. The Bertz CT molecular complexity index is 4570. The third kappa shape index (κ3) is 43.0. The van der Waals surface area contributed by atoms with Crippen molar-refractivity contribution >= 4 is 102 Å². The van der Waals surface area contributed by atoms with Gasteiger partial charge in [-0.25, -0.2) is 31.9 Å². The van der Waals surface area contributed by atoms with Gasteiger partial charge in [-0.1, -0.05) is 131 Å². The van der Waals surface area contributed by atoms with Crippen LogP contribution in [0.15, 0.2) is 136 Å². The van der Waals surface area contributed by atoms with E-state index in [1.165, 1.54) is 81.9 Å². The predicted octanol–water partition coefficient (Wildman–Crippen LogP) is 9.92. The molecule has 4 aromatic carbocycles. The lowest BCUT2D eigenvalue weighted by molar-refractivity contribution is -0.155. The van der Waals surface area contributed by atoms with Gasteiger partial charge < -0.3 is 84.6 Å². The molecule has 41 heteroatoms. The van der Waals surface area contributed by atoms with E-state index >= 15 is 0 Å². The van der Waals surface area contributed by atoms with Gasteiger partial charge in [-0.2, -0.15) is 4.31 Å². The van der Waals surface area contributed by atoms with Crippen LogP contribution in [0.1, 0.15) is 164 Å². The van der Waals surface area contributed by atoms with Gasteiger partial charge in [-0.05, 0) is 153 Å². The number of ketones is 1. The fraction of sp³-hybridized carbons (Fsp3) is 0.567. The van der Waals surface area contributed by atoms with E-state index in [-0.39, 0.29) is 176 Å². The van der Waals surface area contributed by atoms with Crippen LogP contribution >= 0.6 is 27.4 Å². The second-order valence-corrected chi connectivity index (χ2v) is 38.3. The minimum atomic E-state index is -5.15. The third-order valence-electron chi connectivity index (χ3n) is 20.9. The summed E-state index contributed by atoms with van der Waals surface area (Å²) in [5.74, 6) is -8.84. The number of carbonyl (C=O) groups is 11. The summed E-state index contributed by atoms with van der Waals surface area (Å²) in [4.78, 5) is 189. The molecular weight excluding hydrogens is 1780 g/mol. The summed E-state index contributed by atoms with van der Waals surface area (Å²) in [5.41, 5.74) is 3.90. The Hall–Kier alpha value is -9.47. The van der Waals surface area contributed by atoms with Crippen LogP contribution in [0.4, 0.5) is 4.79 Å². The van der Waals surface area contributed by atoms with Gasteiger partial charge in [0.25, 0.3) is 11.8 Å². The van der Waals surface area contributed by atoms with Crippen molar-refractivity contribution in [2.24, 2.45) is 23.7 Å². The number of amides is 8. The number of carbonyl (C=O) groups excluding carboxylic acids is 11. The number of Topliss-reactive ketones (excluding diaryl/α,β-unsaturated/α-hetero) is 1. The molecule has 1 aliphatic rings. The standard InChI is InChI=1S/C90H132N8O27P2S2.O2/c1-15-63(7)80-85(104)95-68(12)89(108)124-82(64(8)16-2)66(10)76(28-23-25-65(9)88(107)122-77(55-60(3)4)84(103)94-67(11)86(105)98(14)75(56-69-26-19-17-20-27-69)87(106)97(13)57-79(100)96-80)123-90(109)93-42-21-18-22-45-120-126(110,111)125-127(112,113)121-46-24-43-91-78(99)41-47-116-49-51-118-53-54-119-52-50-117-48-44-92-83(102)71-35-33-70(34-36-71)81(101)72(58-128-73-37-29-61(5)30-38-73)59-129(114,115)74-39-31-62(6)32-40-74;1-2/h16-17,19-20,25-27,29-40,60,63,66-68,72,75-77,80,82H,15,18,21-24,28,41-59H2,1-14H3,(H,91,99)(H,92,102)(H,93,109)(H,94,103)(H,95,104)(H,96,100)(H,110,111)(H,112,113);/b64-16+,65-25+;/t63?,66-,67-,68+,72?,75+,76-,77+,80-,82+;/m0./s1. The van der Waals surface area contributed by atoms with Crippen LogP contribution in [-0.2, 0) is 110 Å². The highest BCUT2D eigenvalue weighted by Crippen LogP contribution is 2.60. The summed E-state index contributed by atoms with van der Waals surface area (Å²) in [6.45, 7) is 20.9. The monoisotopic (exact) mass is 1910 g/mol. The van der Waals surface area contributed by atoms with Crippen LogP contribution in [0.5, 0.6) is 0 Å². The molecule has 4 unspecified atom stereocenters. The number of unbranched alkanes of at least 4 members (excludes halogenated alkanes) is 2. The number of nitrogens with one attached hydrogen (secondary N) is 6. The number of aryl methyl sites for hydroxylation is 2. The van der Waals surface area contributed by atoms with Gasteiger partial charge in [-0.3, -0.25) is 47.4 Å². The van der Waals surface area contributed by atoms with Crippen LogP contribution in [0.3, 0.4) is 0 Å². The van der Waals surface area contributed by atoms with Crippen molar-refractivity contribution in [1.29, 1.82) is 0 Å². The Morgan fingerprint density at radius 1 is 0.656 bits per heavy atom. The number of phosphoric acid groups is 2. The molecule has 1 aliphatic heterocycles. The van der Waals surface area contributed by atoms with E-state index in [1.54, 1.807) is 95.3 Å². The van der Waals surface area contributed by atoms with Crippen LogP contribution in [0.25, 0.3) is 0 Å². The first kappa shape index (κ1) is 114. The summed E-state index contributed by atoms with van der Waals surface area (Å²) in [6.07, 6.45) is 0.0933. The maximum absolute atomic E-state index is 14.4. The molecule has 1 heterocycles. The number of sulfone groups is 1. The van der Waals surface area contributed by atoms with Crippen molar-refractivity contribution in [1.82, 2.24) is 41.7 Å². The highest BCUT2D eigenvalue weighted by molar-refractivity contribution is 7.99. The highest BCUT2D eigenvalue weighted by atomic mass is 32.2. The van der Waals surface area contributed by atoms with E-state index in [0.29, 0.717) is 28.7 Å². The fourth-order valence-electron chi connectivity index (χ4n) is 13.0. The zero-order valence-electron chi connectivity index (χ0n) is 77.2. The largest absolute Gasteiger partial charge is 0.481 e. The molecule has 0 aliphatic carbocycles. The number of phosphoric ester groups is 2. The number of allylic oxidation sites excluding steroid dienone is 2. The van der Waals surface area contributed by atoms with E-state index in [0.717, 1.165) is 20.9 Å². The molecule has 8 N–H and O–H groups in total. The van der Waals surface area contributed by atoms with Crippen molar-refractivity contribution in [3.05, 3.63) is 164 Å². The zero-order chi connectivity index (χ0) is 97.4. The molecule has 0 saturated carbocycles. The molecule has 37 nitrogen and oxygen atoms in total. The number of esters is 2. The summed E-state index contributed by atoms with van der Waals surface area (Å²) in [5, 5.41) is 16.1. The van der Waals surface area contributed by atoms with Gasteiger partial charge in [-0.15, -0.1) is 11.8 Å². The average Bonchev–Trinajstić information content (AvgIpc) is 0.860. The molecule has 0 fully saturated rings. The van der Waals surface area contributed by atoms with Crippen LogP contribution in [0.2, 0.25) is 0 Å². The Morgan fingerprint density at radius 3 is 1.82 bits per heavy atom. The fourth-order valence-corrected chi connectivity index (χ4v) is 17.9. The van der Waals surface area contributed by atoms with Crippen molar-refractivity contribution in [2.75, 3.05) is 118 Å². The number of alkyl carbamates (subject to hydrolysis) is 1. The predicted molar refractivity (Wildman–Crippen MR) is 490 cm³/mol. The van der Waals surface area contributed by atoms with Crippen molar-refractivity contribution in [3.63, 3.8) is 0 Å². The molecule has 0 aromatic heterocycles.